The molecule has 0 radical (unpaired) electrons. The van der Waals surface area contributed by atoms with Crippen LogP contribution in [0.5, 0.6) is 5.75 Å². The molecule has 3 rings (SSSR count). The zero-order valence-corrected chi connectivity index (χ0v) is 12.7. The molecule has 1 aliphatic rings. The van der Waals surface area contributed by atoms with E-state index in [1.165, 1.54) is 5.56 Å². The molecule has 0 bridgehead atoms. The van der Waals surface area contributed by atoms with Gasteiger partial charge in [0, 0.05) is 25.5 Å². The van der Waals surface area contributed by atoms with Crippen molar-refractivity contribution in [3.63, 3.8) is 0 Å². The van der Waals surface area contributed by atoms with Crippen LogP contribution in [-0.4, -0.2) is 22.2 Å². The molecule has 1 aromatic carbocycles. The topological polar surface area (TPSA) is 54.4 Å². The summed E-state index contributed by atoms with van der Waals surface area (Å²) < 4.78 is 5.74. The predicted octanol–water partition coefficient (Wildman–Crippen LogP) is 2.67. The summed E-state index contributed by atoms with van der Waals surface area (Å²) in [6.07, 6.45) is 6.51. The van der Waals surface area contributed by atoms with Crippen molar-refractivity contribution in [1.29, 1.82) is 0 Å². The zero-order chi connectivity index (χ0) is 15.3. The number of hydrogen-bond donors (Lipinski definition) is 2. The van der Waals surface area contributed by atoms with Crippen LogP contribution >= 0.6 is 0 Å². The summed E-state index contributed by atoms with van der Waals surface area (Å²) >= 11 is 0. The molecule has 1 saturated carbocycles. The highest BCUT2D eigenvalue weighted by Gasteiger charge is 2.33. The lowest BCUT2D eigenvalue weighted by molar-refractivity contribution is -0.0314. The highest BCUT2D eigenvalue weighted by atomic mass is 16.5. The first-order valence-electron chi connectivity index (χ1n) is 7.77. The average molecular weight is 298 g/mol. The van der Waals surface area contributed by atoms with Gasteiger partial charge in [-0.1, -0.05) is 12.1 Å². The number of pyridine rings is 1. The minimum absolute atomic E-state index is 0.465. The first-order valence-corrected chi connectivity index (χ1v) is 7.77. The standard InChI is InChI=1S/C18H22N2O2/c21-18(8-1-9-18)14-20-12-15-2-4-17(5-3-15)22-13-16-6-10-19-11-7-16/h2-7,10-11,20-21H,1,8-9,12-14H2. The monoisotopic (exact) mass is 298 g/mol. The van der Waals surface area contributed by atoms with Crippen LogP contribution in [0.2, 0.25) is 0 Å². The molecule has 0 atom stereocenters. The van der Waals surface area contributed by atoms with E-state index in [1.54, 1.807) is 12.4 Å². The van der Waals surface area contributed by atoms with E-state index in [0.29, 0.717) is 13.2 Å². The quantitative estimate of drug-likeness (QED) is 0.825. The molecule has 4 heteroatoms. The number of aliphatic hydroxyl groups is 1. The van der Waals surface area contributed by atoms with Crippen molar-refractivity contribution in [3.8, 4) is 5.75 Å². The van der Waals surface area contributed by atoms with Gasteiger partial charge in [-0.15, -0.1) is 0 Å². The van der Waals surface area contributed by atoms with Gasteiger partial charge in [-0.3, -0.25) is 4.98 Å². The molecule has 1 aromatic heterocycles. The summed E-state index contributed by atoms with van der Waals surface area (Å²) in [5.74, 6) is 0.859. The van der Waals surface area contributed by atoms with Crippen molar-refractivity contribution in [3.05, 3.63) is 59.9 Å². The van der Waals surface area contributed by atoms with E-state index in [9.17, 15) is 5.11 Å². The van der Waals surface area contributed by atoms with Crippen LogP contribution in [0.3, 0.4) is 0 Å². The van der Waals surface area contributed by atoms with Gasteiger partial charge in [0.05, 0.1) is 5.60 Å². The first kappa shape index (κ1) is 15.0. The lowest BCUT2D eigenvalue weighted by atomic mass is 9.80. The maximum absolute atomic E-state index is 10.0. The molecule has 116 valence electrons. The number of nitrogens with one attached hydrogen (secondary N) is 1. The molecule has 0 aliphatic heterocycles. The minimum atomic E-state index is -0.465. The third-order valence-corrected chi connectivity index (χ3v) is 4.15. The number of ether oxygens (including phenoxy) is 1. The third kappa shape index (κ3) is 4.06. The van der Waals surface area contributed by atoms with Crippen LogP contribution in [0.4, 0.5) is 0 Å². The van der Waals surface area contributed by atoms with Gasteiger partial charge in [0.25, 0.3) is 0 Å². The van der Waals surface area contributed by atoms with Crippen molar-refractivity contribution >= 4 is 0 Å². The third-order valence-electron chi connectivity index (χ3n) is 4.15. The fourth-order valence-electron chi connectivity index (χ4n) is 2.55. The predicted molar refractivity (Wildman–Crippen MR) is 85.5 cm³/mol. The molecule has 1 aliphatic carbocycles. The fourth-order valence-corrected chi connectivity index (χ4v) is 2.55. The van der Waals surface area contributed by atoms with Crippen molar-refractivity contribution in [2.24, 2.45) is 0 Å². The average Bonchev–Trinajstić information content (AvgIpc) is 2.53. The molecule has 4 nitrogen and oxygen atoms in total. The molecule has 0 saturated heterocycles. The molecular formula is C18H22N2O2. The van der Waals surface area contributed by atoms with Crippen molar-refractivity contribution < 1.29 is 9.84 Å². The van der Waals surface area contributed by atoms with Crippen LogP contribution in [-0.2, 0) is 13.2 Å². The molecule has 1 fully saturated rings. The Labute approximate surface area is 131 Å². The molecular weight excluding hydrogens is 276 g/mol. The number of hydrogen-bond acceptors (Lipinski definition) is 4. The maximum atomic E-state index is 10.0. The van der Waals surface area contributed by atoms with E-state index in [2.05, 4.69) is 22.4 Å². The minimum Gasteiger partial charge on any atom is -0.489 e. The number of aromatic nitrogens is 1. The van der Waals surface area contributed by atoms with Crippen LogP contribution < -0.4 is 10.1 Å². The maximum Gasteiger partial charge on any atom is 0.119 e. The van der Waals surface area contributed by atoms with Crippen LogP contribution in [0.25, 0.3) is 0 Å². The number of benzene rings is 1. The van der Waals surface area contributed by atoms with E-state index in [-0.39, 0.29) is 0 Å². The lowest BCUT2D eigenvalue weighted by Gasteiger charge is -2.36. The SMILES string of the molecule is OC1(CNCc2ccc(OCc3ccncc3)cc2)CCC1. The highest BCUT2D eigenvalue weighted by molar-refractivity contribution is 5.27. The largest absolute Gasteiger partial charge is 0.489 e. The van der Waals surface area contributed by atoms with Gasteiger partial charge in [0.2, 0.25) is 0 Å². The summed E-state index contributed by atoms with van der Waals surface area (Å²) in [5, 5.41) is 13.3. The fraction of sp³-hybridized carbons (Fsp3) is 0.389. The second-order valence-corrected chi connectivity index (χ2v) is 5.97. The van der Waals surface area contributed by atoms with Gasteiger partial charge >= 0.3 is 0 Å². The summed E-state index contributed by atoms with van der Waals surface area (Å²) in [6, 6.07) is 12.0. The second kappa shape index (κ2) is 6.90. The Morgan fingerprint density at radius 3 is 2.41 bits per heavy atom. The molecule has 0 spiro atoms. The summed E-state index contributed by atoms with van der Waals surface area (Å²) in [6.45, 7) is 1.99. The first-order chi connectivity index (χ1) is 10.7. The Hall–Kier alpha value is -1.91. The van der Waals surface area contributed by atoms with E-state index in [0.717, 1.165) is 37.1 Å². The van der Waals surface area contributed by atoms with Gasteiger partial charge in [0.15, 0.2) is 0 Å². The van der Waals surface area contributed by atoms with Crippen LogP contribution in [0, 0.1) is 0 Å². The molecule has 0 amide bonds. The second-order valence-electron chi connectivity index (χ2n) is 5.97. The van der Waals surface area contributed by atoms with Crippen molar-refractivity contribution in [2.45, 2.75) is 38.0 Å². The summed E-state index contributed by atoms with van der Waals surface area (Å²) in [5.41, 5.74) is 1.84. The number of rotatable bonds is 7. The lowest BCUT2D eigenvalue weighted by Crippen LogP contribution is -2.45. The highest BCUT2D eigenvalue weighted by Crippen LogP contribution is 2.30. The summed E-state index contributed by atoms with van der Waals surface area (Å²) in [4.78, 5) is 3.99. The Morgan fingerprint density at radius 1 is 1.05 bits per heavy atom. The summed E-state index contributed by atoms with van der Waals surface area (Å²) in [7, 11) is 0. The van der Waals surface area contributed by atoms with Crippen molar-refractivity contribution in [2.75, 3.05) is 6.54 Å². The van der Waals surface area contributed by atoms with Gasteiger partial charge in [-0.05, 0) is 54.7 Å². The molecule has 22 heavy (non-hydrogen) atoms. The van der Waals surface area contributed by atoms with Gasteiger partial charge < -0.3 is 15.2 Å². The molecule has 0 unspecified atom stereocenters. The van der Waals surface area contributed by atoms with E-state index in [1.807, 2.05) is 24.3 Å². The zero-order valence-electron chi connectivity index (χ0n) is 12.7. The van der Waals surface area contributed by atoms with Crippen LogP contribution in [0.1, 0.15) is 30.4 Å². The number of nitrogens with zero attached hydrogens (tertiary/aromatic N) is 1. The van der Waals surface area contributed by atoms with Gasteiger partial charge in [0.1, 0.15) is 12.4 Å². The smallest absolute Gasteiger partial charge is 0.119 e. The molecule has 2 aromatic rings. The Balaban J connectivity index is 1.43. The van der Waals surface area contributed by atoms with E-state index in [4.69, 9.17) is 4.74 Å². The Kier molecular flexibility index (Phi) is 4.71. The Morgan fingerprint density at radius 2 is 1.77 bits per heavy atom. The van der Waals surface area contributed by atoms with Gasteiger partial charge in [-0.2, -0.15) is 0 Å². The Bertz CT molecular complexity index is 580. The molecule has 1 heterocycles. The molecule has 2 N–H and O–H groups in total. The normalized spacial score (nSPS) is 16.0. The van der Waals surface area contributed by atoms with E-state index >= 15 is 0 Å². The van der Waals surface area contributed by atoms with E-state index < -0.39 is 5.60 Å². The van der Waals surface area contributed by atoms with Gasteiger partial charge in [-0.25, -0.2) is 0 Å². The van der Waals surface area contributed by atoms with Crippen molar-refractivity contribution in [1.82, 2.24) is 10.3 Å². The van der Waals surface area contributed by atoms with Crippen LogP contribution in [0.15, 0.2) is 48.8 Å².